The van der Waals surface area contributed by atoms with Gasteiger partial charge < -0.3 is 10.6 Å². The maximum atomic E-state index is 14.9. The Kier molecular flexibility index (Phi) is 6.80. The molecule has 3 nitrogen and oxygen atoms in total. The monoisotopic (exact) mass is 453 g/mol. The standard InChI is InChI=1S/C25H28FN3S2/c1-5-15(2)14-30-23-13-20(26)22(11-16(23)3)29-21-8-10-28-25-19(21)12-24(31-25)18-7-6-9-27-17(18)4/h7-8,10-14,17,27H,5-6,9H2,1-4H3,(H,28,29)/b15-14-. The van der Waals surface area contributed by atoms with E-state index in [9.17, 15) is 4.39 Å². The van der Waals surface area contributed by atoms with E-state index >= 15 is 0 Å². The van der Waals surface area contributed by atoms with Gasteiger partial charge in [0, 0.05) is 27.4 Å². The summed E-state index contributed by atoms with van der Waals surface area (Å²) in [7, 11) is 0. The Morgan fingerprint density at radius 3 is 2.97 bits per heavy atom. The lowest BCUT2D eigenvalue weighted by molar-refractivity contribution is 0.627. The van der Waals surface area contributed by atoms with Crippen LogP contribution >= 0.6 is 23.1 Å². The number of aromatic nitrogens is 1. The van der Waals surface area contributed by atoms with Crippen molar-refractivity contribution in [1.29, 1.82) is 0 Å². The average molecular weight is 454 g/mol. The van der Waals surface area contributed by atoms with Gasteiger partial charge in [-0.15, -0.1) is 11.3 Å². The Labute approximate surface area is 191 Å². The molecule has 4 rings (SSSR count). The maximum Gasteiger partial charge on any atom is 0.147 e. The van der Waals surface area contributed by atoms with Crippen LogP contribution in [0.25, 0.3) is 15.8 Å². The van der Waals surface area contributed by atoms with Crippen molar-refractivity contribution < 1.29 is 4.39 Å². The number of thioether (sulfide) groups is 1. The number of rotatable bonds is 6. The van der Waals surface area contributed by atoms with Gasteiger partial charge in [0.15, 0.2) is 0 Å². The van der Waals surface area contributed by atoms with Crippen molar-refractivity contribution >= 4 is 50.3 Å². The quantitative estimate of drug-likeness (QED) is 0.376. The SMILES string of the molecule is CC/C(C)=C\Sc1cc(F)c(Nc2ccnc3sc(C4=CCCNC4C)cc23)cc1C. The molecule has 3 heterocycles. The van der Waals surface area contributed by atoms with Crippen molar-refractivity contribution in [3.63, 3.8) is 0 Å². The summed E-state index contributed by atoms with van der Waals surface area (Å²) in [5.74, 6) is -0.246. The number of fused-ring (bicyclic) bond motifs is 1. The molecule has 1 aromatic carbocycles. The largest absolute Gasteiger partial charge is 0.353 e. The average Bonchev–Trinajstić information content (AvgIpc) is 3.20. The third-order valence-electron chi connectivity index (χ3n) is 5.62. The van der Waals surface area contributed by atoms with Crippen LogP contribution in [0.15, 0.2) is 52.4 Å². The van der Waals surface area contributed by atoms with Gasteiger partial charge in [0.25, 0.3) is 0 Å². The first-order chi connectivity index (χ1) is 15.0. The minimum atomic E-state index is -0.246. The molecular weight excluding hydrogens is 425 g/mol. The number of halogens is 1. The van der Waals surface area contributed by atoms with E-state index in [1.165, 1.54) is 16.0 Å². The Morgan fingerprint density at radius 2 is 2.19 bits per heavy atom. The van der Waals surface area contributed by atoms with E-state index in [2.05, 4.69) is 53.9 Å². The molecule has 2 N–H and O–H groups in total. The molecular formula is C25H28FN3S2. The molecule has 0 bridgehead atoms. The topological polar surface area (TPSA) is 37.0 Å². The van der Waals surface area contributed by atoms with Crippen molar-refractivity contribution in [3.05, 3.63) is 63.8 Å². The fourth-order valence-corrected chi connectivity index (χ4v) is 5.66. The summed E-state index contributed by atoms with van der Waals surface area (Å²) in [6.45, 7) is 9.45. The number of anilines is 2. The Morgan fingerprint density at radius 1 is 1.35 bits per heavy atom. The summed E-state index contributed by atoms with van der Waals surface area (Å²) in [6, 6.07) is 7.94. The molecule has 0 fully saturated rings. The Hall–Kier alpha value is -2.15. The van der Waals surface area contributed by atoms with Crippen LogP contribution in [0.5, 0.6) is 0 Å². The summed E-state index contributed by atoms with van der Waals surface area (Å²) in [6.07, 6.45) is 6.14. The first-order valence-corrected chi connectivity index (χ1v) is 12.4. The van der Waals surface area contributed by atoms with Crippen molar-refractivity contribution in [2.24, 2.45) is 0 Å². The van der Waals surface area contributed by atoms with E-state index in [0.29, 0.717) is 11.7 Å². The van der Waals surface area contributed by atoms with Crippen LogP contribution in [0, 0.1) is 12.7 Å². The summed E-state index contributed by atoms with van der Waals surface area (Å²) < 4.78 is 14.9. The number of hydrogen-bond acceptors (Lipinski definition) is 5. The van der Waals surface area contributed by atoms with Crippen LogP contribution in [-0.2, 0) is 0 Å². The molecule has 0 spiro atoms. The highest BCUT2D eigenvalue weighted by Crippen LogP contribution is 2.37. The molecule has 1 atom stereocenters. The van der Waals surface area contributed by atoms with Crippen LogP contribution in [0.1, 0.15) is 44.1 Å². The molecule has 0 radical (unpaired) electrons. The predicted octanol–water partition coefficient (Wildman–Crippen LogP) is 7.66. The van der Waals surface area contributed by atoms with Gasteiger partial charge in [-0.05, 0) is 81.0 Å². The second kappa shape index (κ2) is 9.55. The number of aryl methyl sites for hydroxylation is 1. The predicted molar refractivity (Wildman–Crippen MR) is 134 cm³/mol. The fourth-order valence-electron chi connectivity index (χ4n) is 3.60. The van der Waals surface area contributed by atoms with Crippen molar-refractivity contribution in [2.45, 2.75) is 51.5 Å². The number of pyridine rings is 1. The highest BCUT2D eigenvalue weighted by molar-refractivity contribution is 8.02. The third kappa shape index (κ3) is 4.86. The van der Waals surface area contributed by atoms with Crippen LogP contribution < -0.4 is 10.6 Å². The molecule has 1 aliphatic heterocycles. The van der Waals surface area contributed by atoms with Gasteiger partial charge in [-0.3, -0.25) is 0 Å². The lowest BCUT2D eigenvalue weighted by atomic mass is 10.0. The van der Waals surface area contributed by atoms with Crippen molar-refractivity contribution in [1.82, 2.24) is 10.3 Å². The van der Waals surface area contributed by atoms with Gasteiger partial charge in [0.05, 0.1) is 11.4 Å². The van der Waals surface area contributed by atoms with Gasteiger partial charge in [-0.25, -0.2) is 9.37 Å². The molecule has 0 saturated heterocycles. The number of benzene rings is 1. The van der Waals surface area contributed by atoms with Crippen molar-refractivity contribution in [3.8, 4) is 0 Å². The smallest absolute Gasteiger partial charge is 0.147 e. The third-order valence-corrected chi connectivity index (χ3v) is 7.93. The molecule has 31 heavy (non-hydrogen) atoms. The van der Waals surface area contributed by atoms with Crippen LogP contribution in [0.4, 0.5) is 15.8 Å². The number of hydrogen-bond donors (Lipinski definition) is 2. The van der Waals surface area contributed by atoms with Crippen molar-refractivity contribution in [2.75, 3.05) is 11.9 Å². The van der Waals surface area contributed by atoms with E-state index in [-0.39, 0.29) is 5.82 Å². The second-order valence-electron chi connectivity index (χ2n) is 7.97. The minimum Gasteiger partial charge on any atom is -0.353 e. The summed E-state index contributed by atoms with van der Waals surface area (Å²) in [5, 5.41) is 9.96. The highest BCUT2D eigenvalue weighted by Gasteiger charge is 2.18. The molecule has 1 unspecified atom stereocenters. The Bertz CT molecular complexity index is 1160. The molecule has 162 valence electrons. The molecule has 0 amide bonds. The van der Waals surface area contributed by atoms with E-state index in [4.69, 9.17) is 0 Å². The van der Waals surface area contributed by atoms with Crippen LogP contribution in [-0.4, -0.2) is 17.6 Å². The summed E-state index contributed by atoms with van der Waals surface area (Å²) >= 11 is 3.27. The van der Waals surface area contributed by atoms with Crippen LogP contribution in [0.2, 0.25) is 0 Å². The highest BCUT2D eigenvalue weighted by atomic mass is 32.2. The first kappa shape index (κ1) is 22.1. The molecule has 6 heteroatoms. The van der Waals surface area contributed by atoms with Gasteiger partial charge in [0.2, 0.25) is 0 Å². The van der Waals surface area contributed by atoms with E-state index < -0.39 is 0 Å². The zero-order chi connectivity index (χ0) is 22.0. The molecule has 0 saturated carbocycles. The molecule has 2 aromatic heterocycles. The fraction of sp³-hybridized carbons (Fsp3) is 0.320. The molecule has 3 aromatic rings. The van der Waals surface area contributed by atoms with E-state index in [1.807, 2.05) is 19.1 Å². The van der Waals surface area contributed by atoms with Gasteiger partial charge in [-0.2, -0.15) is 0 Å². The van der Waals surface area contributed by atoms with Crippen LogP contribution in [0.3, 0.4) is 0 Å². The number of nitrogens with zero attached hydrogens (tertiary/aromatic N) is 1. The zero-order valence-corrected chi connectivity index (χ0v) is 20.0. The maximum absolute atomic E-state index is 14.9. The number of nitrogens with one attached hydrogen (secondary N) is 2. The lowest BCUT2D eigenvalue weighted by Crippen LogP contribution is -2.30. The van der Waals surface area contributed by atoms with Gasteiger partial charge in [0.1, 0.15) is 10.6 Å². The molecule has 1 aliphatic rings. The molecule has 0 aliphatic carbocycles. The number of allylic oxidation sites excluding steroid dienone is 1. The lowest BCUT2D eigenvalue weighted by Gasteiger charge is -2.21. The summed E-state index contributed by atoms with van der Waals surface area (Å²) in [5.41, 5.74) is 5.03. The van der Waals surface area contributed by atoms with Gasteiger partial charge in [-0.1, -0.05) is 30.3 Å². The zero-order valence-electron chi connectivity index (χ0n) is 18.4. The summed E-state index contributed by atoms with van der Waals surface area (Å²) in [4.78, 5) is 7.68. The number of thiophene rings is 1. The normalized spacial score (nSPS) is 17.1. The van der Waals surface area contributed by atoms with E-state index in [0.717, 1.165) is 45.7 Å². The minimum absolute atomic E-state index is 0.246. The van der Waals surface area contributed by atoms with E-state index in [1.54, 1.807) is 35.4 Å². The van der Waals surface area contributed by atoms with Gasteiger partial charge >= 0.3 is 0 Å². The Balaban J connectivity index is 1.64. The second-order valence-corrected chi connectivity index (χ2v) is 9.91. The first-order valence-electron chi connectivity index (χ1n) is 10.7.